The van der Waals surface area contributed by atoms with Crippen molar-refractivity contribution in [3.63, 3.8) is 0 Å². The molecule has 0 spiro atoms. The van der Waals surface area contributed by atoms with E-state index in [2.05, 4.69) is 30.3 Å². The molecule has 0 radical (unpaired) electrons. The van der Waals surface area contributed by atoms with E-state index < -0.39 is 0 Å². The standard InChI is InChI=1S/C16H14O.ClH/c1-2-6-13(7-3-1)12-15-11-10-14-8-4-5-9-16(14)17-15;/h1-9,12H,10-11H2;1H. The molecule has 3 rings (SSSR count). The van der Waals surface area contributed by atoms with Crippen LogP contribution in [0.4, 0.5) is 0 Å². The minimum atomic E-state index is 0. The minimum Gasteiger partial charge on any atom is -0.461 e. The van der Waals surface area contributed by atoms with Crippen molar-refractivity contribution < 1.29 is 4.74 Å². The van der Waals surface area contributed by atoms with Gasteiger partial charge in [0.1, 0.15) is 11.5 Å². The third kappa shape index (κ3) is 2.74. The van der Waals surface area contributed by atoms with E-state index in [4.69, 9.17) is 4.74 Å². The molecule has 2 heteroatoms. The summed E-state index contributed by atoms with van der Waals surface area (Å²) in [6, 6.07) is 18.6. The van der Waals surface area contributed by atoms with Crippen LogP contribution in [0.5, 0.6) is 5.75 Å². The lowest BCUT2D eigenvalue weighted by molar-refractivity contribution is 0.383. The first-order chi connectivity index (χ1) is 8.42. The molecule has 0 aliphatic carbocycles. The smallest absolute Gasteiger partial charge is 0.130 e. The molecule has 0 amide bonds. The molecule has 0 N–H and O–H groups in total. The van der Waals surface area contributed by atoms with Gasteiger partial charge in [0, 0.05) is 6.42 Å². The fourth-order valence-electron chi connectivity index (χ4n) is 2.10. The maximum Gasteiger partial charge on any atom is 0.130 e. The zero-order chi connectivity index (χ0) is 11.5. The van der Waals surface area contributed by atoms with Crippen molar-refractivity contribution in [3.8, 4) is 5.75 Å². The van der Waals surface area contributed by atoms with Crippen LogP contribution in [0, 0.1) is 0 Å². The number of ether oxygens (including phenoxy) is 1. The summed E-state index contributed by atoms with van der Waals surface area (Å²) in [5.74, 6) is 2.05. The molecule has 0 atom stereocenters. The maximum atomic E-state index is 5.90. The van der Waals surface area contributed by atoms with Crippen molar-refractivity contribution >= 4 is 18.5 Å². The molecule has 2 aromatic carbocycles. The molecule has 0 bridgehead atoms. The largest absolute Gasteiger partial charge is 0.461 e. The van der Waals surface area contributed by atoms with E-state index >= 15 is 0 Å². The van der Waals surface area contributed by atoms with Crippen LogP contribution in [-0.4, -0.2) is 0 Å². The summed E-state index contributed by atoms with van der Waals surface area (Å²) in [7, 11) is 0. The van der Waals surface area contributed by atoms with E-state index in [9.17, 15) is 0 Å². The number of benzene rings is 2. The van der Waals surface area contributed by atoms with Crippen LogP contribution in [0.25, 0.3) is 6.08 Å². The summed E-state index contributed by atoms with van der Waals surface area (Å²) < 4.78 is 5.90. The van der Waals surface area contributed by atoms with Gasteiger partial charge in [-0.15, -0.1) is 12.4 Å². The van der Waals surface area contributed by atoms with Crippen LogP contribution in [0.1, 0.15) is 17.5 Å². The van der Waals surface area contributed by atoms with Gasteiger partial charge in [0.05, 0.1) is 0 Å². The lowest BCUT2D eigenvalue weighted by Crippen LogP contribution is -2.06. The predicted molar refractivity (Wildman–Crippen MR) is 77.1 cm³/mol. The number of rotatable bonds is 1. The van der Waals surface area contributed by atoms with Gasteiger partial charge in [-0.1, -0.05) is 48.5 Å². The molecule has 2 aromatic rings. The summed E-state index contributed by atoms with van der Waals surface area (Å²) >= 11 is 0. The summed E-state index contributed by atoms with van der Waals surface area (Å²) in [6.07, 6.45) is 4.16. The maximum absolute atomic E-state index is 5.90. The molecular weight excluding hydrogens is 244 g/mol. The highest BCUT2D eigenvalue weighted by atomic mass is 35.5. The Labute approximate surface area is 114 Å². The molecule has 92 valence electrons. The highest BCUT2D eigenvalue weighted by molar-refractivity contribution is 5.85. The normalized spacial score (nSPS) is 15.4. The quantitative estimate of drug-likeness (QED) is 0.733. The Morgan fingerprint density at radius 1 is 0.833 bits per heavy atom. The molecule has 1 heterocycles. The number of fused-ring (bicyclic) bond motifs is 1. The third-order valence-electron chi connectivity index (χ3n) is 2.98. The highest BCUT2D eigenvalue weighted by Gasteiger charge is 2.13. The van der Waals surface area contributed by atoms with Gasteiger partial charge in [0.2, 0.25) is 0 Å². The van der Waals surface area contributed by atoms with Gasteiger partial charge >= 0.3 is 0 Å². The molecule has 0 saturated heterocycles. The molecule has 0 saturated carbocycles. The van der Waals surface area contributed by atoms with Gasteiger partial charge in [-0.2, -0.15) is 0 Å². The zero-order valence-electron chi connectivity index (χ0n) is 10.0. The van der Waals surface area contributed by atoms with Crippen LogP contribution < -0.4 is 4.74 Å². The van der Waals surface area contributed by atoms with Crippen molar-refractivity contribution in [1.29, 1.82) is 0 Å². The van der Waals surface area contributed by atoms with Gasteiger partial charge in [-0.05, 0) is 29.7 Å². The Morgan fingerprint density at radius 3 is 2.39 bits per heavy atom. The SMILES string of the molecule is C(=C1CCc2ccccc2O1)c1ccccc1.Cl. The van der Waals surface area contributed by atoms with E-state index in [0.717, 1.165) is 24.4 Å². The molecule has 1 aliphatic heterocycles. The van der Waals surface area contributed by atoms with Gasteiger partial charge < -0.3 is 4.74 Å². The number of hydrogen-bond donors (Lipinski definition) is 0. The van der Waals surface area contributed by atoms with E-state index in [1.807, 2.05) is 30.3 Å². The molecule has 18 heavy (non-hydrogen) atoms. The van der Waals surface area contributed by atoms with Crippen molar-refractivity contribution in [3.05, 3.63) is 71.5 Å². The van der Waals surface area contributed by atoms with E-state index in [1.165, 1.54) is 11.1 Å². The lowest BCUT2D eigenvalue weighted by atomic mass is 10.0. The fraction of sp³-hybridized carbons (Fsp3) is 0.125. The Morgan fingerprint density at radius 2 is 1.56 bits per heavy atom. The van der Waals surface area contributed by atoms with Crippen molar-refractivity contribution in [2.45, 2.75) is 12.8 Å². The van der Waals surface area contributed by atoms with E-state index in [1.54, 1.807) is 0 Å². The van der Waals surface area contributed by atoms with Gasteiger partial charge in [0.15, 0.2) is 0 Å². The Bertz CT molecular complexity index is 546. The monoisotopic (exact) mass is 258 g/mol. The lowest BCUT2D eigenvalue weighted by Gasteiger charge is -2.19. The second kappa shape index (κ2) is 5.74. The Hall–Kier alpha value is -1.73. The van der Waals surface area contributed by atoms with Gasteiger partial charge in [-0.25, -0.2) is 0 Å². The van der Waals surface area contributed by atoms with Crippen molar-refractivity contribution in [2.75, 3.05) is 0 Å². The second-order valence-electron chi connectivity index (χ2n) is 4.23. The minimum absolute atomic E-state index is 0. The van der Waals surface area contributed by atoms with Crippen LogP contribution in [-0.2, 0) is 6.42 Å². The van der Waals surface area contributed by atoms with E-state index in [0.29, 0.717) is 0 Å². The van der Waals surface area contributed by atoms with Crippen molar-refractivity contribution in [2.24, 2.45) is 0 Å². The van der Waals surface area contributed by atoms with Gasteiger partial charge in [-0.3, -0.25) is 0 Å². The van der Waals surface area contributed by atoms with Gasteiger partial charge in [0.25, 0.3) is 0 Å². The average molecular weight is 259 g/mol. The molecular formula is C16H15ClO. The van der Waals surface area contributed by atoms with Crippen molar-refractivity contribution in [1.82, 2.24) is 0 Å². The predicted octanol–water partition coefficient (Wildman–Crippen LogP) is 4.47. The van der Waals surface area contributed by atoms with Crippen LogP contribution in [0.15, 0.2) is 60.4 Å². The highest BCUT2D eigenvalue weighted by Crippen LogP contribution is 2.29. The zero-order valence-corrected chi connectivity index (χ0v) is 10.8. The fourth-order valence-corrected chi connectivity index (χ4v) is 2.10. The number of aryl methyl sites for hydroxylation is 1. The Balaban J connectivity index is 0.00000120. The molecule has 1 aliphatic rings. The average Bonchev–Trinajstić information content (AvgIpc) is 2.40. The number of allylic oxidation sites excluding steroid dienone is 1. The molecule has 0 unspecified atom stereocenters. The van der Waals surface area contributed by atoms with Crippen LogP contribution in [0.2, 0.25) is 0 Å². The Kier molecular flexibility index (Phi) is 4.06. The summed E-state index contributed by atoms with van der Waals surface area (Å²) in [6.45, 7) is 0. The number of hydrogen-bond acceptors (Lipinski definition) is 1. The number of halogens is 1. The second-order valence-corrected chi connectivity index (χ2v) is 4.23. The first-order valence-electron chi connectivity index (χ1n) is 5.93. The summed E-state index contributed by atoms with van der Waals surface area (Å²) in [4.78, 5) is 0. The first-order valence-corrected chi connectivity index (χ1v) is 5.93. The van der Waals surface area contributed by atoms with Crippen LogP contribution in [0.3, 0.4) is 0 Å². The topological polar surface area (TPSA) is 9.23 Å². The van der Waals surface area contributed by atoms with Crippen LogP contribution >= 0.6 is 12.4 Å². The molecule has 0 fully saturated rings. The van der Waals surface area contributed by atoms with E-state index in [-0.39, 0.29) is 12.4 Å². The molecule has 1 nitrogen and oxygen atoms in total. The first kappa shape index (κ1) is 12.7. The third-order valence-corrected chi connectivity index (χ3v) is 2.98. The number of para-hydroxylation sites is 1. The summed E-state index contributed by atoms with van der Waals surface area (Å²) in [5.41, 5.74) is 2.50. The summed E-state index contributed by atoms with van der Waals surface area (Å²) in [5, 5.41) is 0. The molecule has 0 aromatic heterocycles.